The third-order valence-corrected chi connectivity index (χ3v) is 6.47. The first-order valence-corrected chi connectivity index (χ1v) is 11.5. The van der Waals surface area contributed by atoms with Crippen molar-refractivity contribution in [3.63, 3.8) is 0 Å². The maximum atomic E-state index is 13.8. The van der Waals surface area contributed by atoms with Crippen molar-refractivity contribution in [2.24, 2.45) is 0 Å². The van der Waals surface area contributed by atoms with Gasteiger partial charge in [-0.05, 0) is 18.9 Å². The summed E-state index contributed by atoms with van der Waals surface area (Å²) in [4.78, 5) is 21.7. The van der Waals surface area contributed by atoms with Crippen molar-refractivity contribution in [1.29, 1.82) is 0 Å². The van der Waals surface area contributed by atoms with Gasteiger partial charge < -0.3 is 25.1 Å². The number of carboxylic acid groups (broad SMARTS) is 1. The predicted octanol–water partition coefficient (Wildman–Crippen LogP) is 2.51. The lowest BCUT2D eigenvalue weighted by Gasteiger charge is -2.39. The maximum Gasteiger partial charge on any atom is 0.433 e. The summed E-state index contributed by atoms with van der Waals surface area (Å²) >= 11 is 0. The van der Waals surface area contributed by atoms with Crippen LogP contribution in [0.1, 0.15) is 36.2 Å². The molecule has 1 saturated heterocycles. The summed E-state index contributed by atoms with van der Waals surface area (Å²) in [5, 5.41) is 32.3. The van der Waals surface area contributed by atoms with Crippen LogP contribution in [0, 0.1) is 0 Å². The normalized spacial score (nSPS) is 22.3. The molecule has 2 aromatic rings. The Kier molecular flexibility index (Phi) is 7.69. The molecule has 37 heavy (non-hydrogen) atoms. The van der Waals surface area contributed by atoms with E-state index in [4.69, 9.17) is 4.42 Å². The summed E-state index contributed by atoms with van der Waals surface area (Å²) in [5.74, 6) is -3.24. The lowest BCUT2D eigenvalue weighted by molar-refractivity contribution is -0.142. The molecule has 0 spiro atoms. The zero-order chi connectivity index (χ0) is 27.0. The highest BCUT2D eigenvalue weighted by Gasteiger charge is 2.42. The average molecular weight is 535 g/mol. The number of rotatable bonds is 7. The minimum atomic E-state index is -4.74. The van der Waals surface area contributed by atoms with Crippen molar-refractivity contribution in [3.05, 3.63) is 35.5 Å². The second-order valence-electron chi connectivity index (χ2n) is 9.22. The number of piperidine rings is 1. The minimum absolute atomic E-state index is 0.00410. The molecule has 4 heterocycles. The average Bonchev–Trinajstić information content (AvgIpc) is 3.34. The molecule has 0 saturated carbocycles. The van der Waals surface area contributed by atoms with Gasteiger partial charge in [0.2, 0.25) is 0 Å². The largest absolute Gasteiger partial charge is 0.472 e. The van der Waals surface area contributed by atoms with Gasteiger partial charge in [-0.1, -0.05) is 0 Å². The Labute approximate surface area is 207 Å². The van der Waals surface area contributed by atoms with Gasteiger partial charge in [0.15, 0.2) is 11.5 Å². The topological polar surface area (TPSA) is 135 Å². The fourth-order valence-corrected chi connectivity index (χ4v) is 4.69. The lowest BCUT2D eigenvalue weighted by Crippen LogP contribution is -2.55. The van der Waals surface area contributed by atoms with Crippen LogP contribution in [0.3, 0.4) is 0 Å². The van der Waals surface area contributed by atoms with E-state index in [0.717, 1.165) is 4.90 Å². The molecule has 4 rings (SSSR count). The Morgan fingerprint density at radius 1 is 1.32 bits per heavy atom. The second kappa shape index (κ2) is 10.5. The fraction of sp³-hybridized carbons (Fsp3) is 0.591. The van der Waals surface area contributed by atoms with Crippen LogP contribution in [0.5, 0.6) is 0 Å². The van der Waals surface area contributed by atoms with Crippen LogP contribution < -0.4 is 5.32 Å². The Hall–Kier alpha value is -2.88. The number of nitrogens with zero attached hydrogens (tertiary/aromatic N) is 4. The van der Waals surface area contributed by atoms with Crippen molar-refractivity contribution in [1.82, 2.24) is 25.1 Å². The highest BCUT2D eigenvalue weighted by atomic mass is 19.4. The molecule has 204 valence electrons. The number of carbonyl (C=O) groups is 1. The van der Waals surface area contributed by atoms with Gasteiger partial charge in [-0.15, -0.1) is 0 Å². The molecule has 0 radical (unpaired) electrons. The summed E-state index contributed by atoms with van der Waals surface area (Å²) in [6.45, 7) is -1.25. The molecule has 1 amide bonds. The zero-order valence-corrected chi connectivity index (χ0v) is 19.5. The predicted molar refractivity (Wildman–Crippen MR) is 116 cm³/mol. The number of fused-ring (bicyclic) bond motifs is 1. The van der Waals surface area contributed by atoms with Crippen molar-refractivity contribution < 1.29 is 46.5 Å². The van der Waals surface area contributed by atoms with Gasteiger partial charge in [0.05, 0.1) is 24.1 Å². The number of nitrogens with one attached hydrogen (secondary N) is 1. The smallest absolute Gasteiger partial charge is 0.433 e. The van der Waals surface area contributed by atoms with Gasteiger partial charge in [0, 0.05) is 44.1 Å². The number of furan rings is 1. The molecule has 2 aliphatic heterocycles. The number of hydrogen-bond acceptors (Lipinski definition) is 8. The van der Waals surface area contributed by atoms with Crippen LogP contribution in [0.25, 0.3) is 11.4 Å². The van der Waals surface area contributed by atoms with Crippen LogP contribution in [-0.4, -0.2) is 85.2 Å². The van der Waals surface area contributed by atoms with Crippen LogP contribution in [0.2, 0.25) is 0 Å². The first kappa shape index (κ1) is 27.2. The summed E-state index contributed by atoms with van der Waals surface area (Å²) in [5.41, 5.74) is -0.874. The Morgan fingerprint density at radius 3 is 2.73 bits per heavy atom. The van der Waals surface area contributed by atoms with E-state index in [1.807, 2.05) is 0 Å². The molecule has 3 atom stereocenters. The van der Waals surface area contributed by atoms with E-state index >= 15 is 0 Å². The first-order valence-electron chi connectivity index (χ1n) is 11.5. The molecule has 0 aromatic carbocycles. The van der Waals surface area contributed by atoms with E-state index in [-0.39, 0.29) is 61.5 Å². The van der Waals surface area contributed by atoms with E-state index in [1.165, 1.54) is 23.5 Å². The number of aliphatic hydroxyl groups is 2. The molecule has 15 heteroatoms. The minimum Gasteiger partial charge on any atom is -0.472 e. The first-order chi connectivity index (χ1) is 17.3. The third kappa shape index (κ3) is 6.52. The highest BCUT2D eigenvalue weighted by Crippen LogP contribution is 2.36. The molecular formula is C22H26F5N5O5. The SMILES string of the molecule is O=C(O)N[C@@H](CC(O)N1CCc2c(nc(-c3ccoc3)nc2C(F)(F)F)C1)CN1CC(F)(F)CCC1O. The Morgan fingerprint density at radius 2 is 2.08 bits per heavy atom. The van der Waals surface area contributed by atoms with Crippen LogP contribution in [-0.2, 0) is 19.1 Å². The molecule has 2 aliphatic rings. The van der Waals surface area contributed by atoms with Crippen LogP contribution >= 0.6 is 0 Å². The van der Waals surface area contributed by atoms with Gasteiger partial charge >= 0.3 is 12.3 Å². The number of halogens is 5. The Balaban J connectivity index is 1.52. The van der Waals surface area contributed by atoms with Crippen LogP contribution in [0.15, 0.2) is 23.0 Å². The van der Waals surface area contributed by atoms with Crippen molar-refractivity contribution in [2.75, 3.05) is 19.6 Å². The van der Waals surface area contributed by atoms with Gasteiger partial charge in [0.25, 0.3) is 5.92 Å². The quantitative estimate of drug-likeness (QED) is 0.395. The number of aromatic nitrogens is 2. The van der Waals surface area contributed by atoms with E-state index in [1.54, 1.807) is 0 Å². The van der Waals surface area contributed by atoms with Crippen LogP contribution in [0.4, 0.5) is 26.7 Å². The van der Waals surface area contributed by atoms with Gasteiger partial charge in [-0.25, -0.2) is 23.5 Å². The molecular weight excluding hydrogens is 509 g/mol. The standard InChI is InChI=1S/C22H26F5N5O5/c23-21(24)4-1-16(33)32(11-21)8-13(28-20(35)36)7-17(34)31-5-2-14-15(9-31)29-19(12-3-6-37-10-12)30-18(14)22(25,26)27/h3,6,10,13,16-17,28,33-34H,1-2,4-5,7-9,11H2,(H,35,36)/t13-,16?,17?/m0/s1. The zero-order valence-electron chi connectivity index (χ0n) is 19.5. The summed E-state index contributed by atoms with van der Waals surface area (Å²) in [6.07, 6.45) is -7.33. The second-order valence-corrected chi connectivity index (χ2v) is 9.22. The molecule has 2 aromatic heterocycles. The van der Waals surface area contributed by atoms with E-state index in [9.17, 15) is 42.1 Å². The molecule has 1 fully saturated rings. The number of amides is 1. The molecule has 4 N–H and O–H groups in total. The Bertz CT molecular complexity index is 1100. The van der Waals surface area contributed by atoms with Gasteiger partial charge in [-0.2, -0.15) is 13.2 Å². The number of aliphatic hydroxyl groups excluding tert-OH is 2. The fourth-order valence-electron chi connectivity index (χ4n) is 4.69. The maximum absolute atomic E-state index is 13.8. The monoisotopic (exact) mass is 535 g/mol. The van der Waals surface area contributed by atoms with E-state index in [0.29, 0.717) is 0 Å². The molecule has 0 bridgehead atoms. The number of alkyl halides is 5. The van der Waals surface area contributed by atoms with Gasteiger partial charge in [-0.3, -0.25) is 9.80 Å². The third-order valence-electron chi connectivity index (χ3n) is 6.47. The summed E-state index contributed by atoms with van der Waals surface area (Å²) in [7, 11) is 0. The summed E-state index contributed by atoms with van der Waals surface area (Å²) < 4.78 is 73.8. The lowest BCUT2D eigenvalue weighted by atomic mass is 10.00. The van der Waals surface area contributed by atoms with Crippen molar-refractivity contribution in [3.8, 4) is 11.4 Å². The van der Waals surface area contributed by atoms with E-state index < -0.39 is 55.3 Å². The summed E-state index contributed by atoms with van der Waals surface area (Å²) in [6, 6.07) is 0.368. The van der Waals surface area contributed by atoms with Gasteiger partial charge in [0.1, 0.15) is 18.7 Å². The highest BCUT2D eigenvalue weighted by molar-refractivity contribution is 5.64. The van der Waals surface area contributed by atoms with Crippen molar-refractivity contribution >= 4 is 6.09 Å². The molecule has 2 unspecified atom stereocenters. The molecule has 0 aliphatic carbocycles. The molecule has 10 nitrogen and oxygen atoms in total. The van der Waals surface area contributed by atoms with E-state index in [2.05, 4.69) is 15.3 Å². The van der Waals surface area contributed by atoms with Crippen molar-refractivity contribution in [2.45, 2.75) is 62.8 Å². The number of likely N-dealkylation sites (tertiary alicyclic amines) is 1. The number of hydrogen-bond donors (Lipinski definition) is 4.